The predicted molar refractivity (Wildman–Crippen MR) is 71.8 cm³/mol. The fraction of sp³-hybridized carbons (Fsp3) is 1.00. The summed E-state index contributed by atoms with van der Waals surface area (Å²) in [6, 6.07) is 0.241. The van der Waals surface area contributed by atoms with Gasteiger partial charge in [0, 0.05) is 6.04 Å². The zero-order chi connectivity index (χ0) is 12.9. The zero-order valence-corrected chi connectivity index (χ0v) is 11.9. The molecule has 1 aliphatic heterocycles. The number of nitrogens with zero attached hydrogens (tertiary/aromatic N) is 1. The van der Waals surface area contributed by atoms with Gasteiger partial charge in [-0.2, -0.15) is 0 Å². The monoisotopic (exact) mass is 262 g/mol. The molecule has 17 heavy (non-hydrogen) atoms. The van der Waals surface area contributed by atoms with Crippen molar-refractivity contribution < 1.29 is 8.42 Å². The Hall–Kier alpha value is -0.130. The summed E-state index contributed by atoms with van der Waals surface area (Å²) >= 11 is 0. The van der Waals surface area contributed by atoms with Crippen LogP contribution in [0, 0.1) is 5.92 Å². The van der Waals surface area contributed by atoms with Crippen molar-refractivity contribution in [2.24, 2.45) is 11.7 Å². The van der Waals surface area contributed by atoms with Crippen LogP contribution in [-0.4, -0.2) is 51.0 Å². The van der Waals surface area contributed by atoms with Crippen molar-refractivity contribution in [2.45, 2.75) is 38.6 Å². The first kappa shape index (κ1) is 14.9. The highest BCUT2D eigenvalue weighted by atomic mass is 32.2. The third kappa shape index (κ3) is 5.36. The average molecular weight is 262 g/mol. The van der Waals surface area contributed by atoms with Gasteiger partial charge in [0.25, 0.3) is 0 Å². The largest absolute Gasteiger partial charge is 0.330 e. The van der Waals surface area contributed by atoms with E-state index in [4.69, 9.17) is 5.73 Å². The summed E-state index contributed by atoms with van der Waals surface area (Å²) in [5.74, 6) is 1.40. The third-order valence-corrected chi connectivity index (χ3v) is 5.45. The third-order valence-electron chi connectivity index (χ3n) is 3.70. The van der Waals surface area contributed by atoms with Gasteiger partial charge in [0.15, 0.2) is 9.84 Å². The van der Waals surface area contributed by atoms with Crippen LogP contribution in [0.4, 0.5) is 0 Å². The maximum absolute atomic E-state index is 11.4. The maximum atomic E-state index is 11.4. The topological polar surface area (TPSA) is 63.4 Å². The van der Waals surface area contributed by atoms with Crippen LogP contribution in [0.1, 0.15) is 32.6 Å². The molecule has 2 unspecified atom stereocenters. The molecule has 0 bridgehead atoms. The SMILES string of the molecule is CC(CCN)CCCN(C)C1CCS(=O)(=O)C1. The number of hydrogen-bond acceptors (Lipinski definition) is 4. The van der Waals surface area contributed by atoms with Crippen LogP contribution in [0.2, 0.25) is 0 Å². The van der Waals surface area contributed by atoms with Gasteiger partial charge >= 0.3 is 0 Å². The van der Waals surface area contributed by atoms with E-state index >= 15 is 0 Å². The van der Waals surface area contributed by atoms with E-state index in [0.29, 0.717) is 17.4 Å². The zero-order valence-electron chi connectivity index (χ0n) is 11.1. The van der Waals surface area contributed by atoms with Crippen molar-refractivity contribution in [3.8, 4) is 0 Å². The molecule has 0 aromatic carbocycles. The van der Waals surface area contributed by atoms with Crippen molar-refractivity contribution in [1.82, 2.24) is 4.90 Å². The van der Waals surface area contributed by atoms with Gasteiger partial charge in [-0.1, -0.05) is 6.92 Å². The minimum atomic E-state index is -2.75. The molecule has 0 aromatic heterocycles. The molecule has 2 N–H and O–H groups in total. The molecule has 0 radical (unpaired) electrons. The molecule has 5 heteroatoms. The predicted octanol–water partition coefficient (Wildman–Crippen LogP) is 0.870. The highest BCUT2D eigenvalue weighted by Gasteiger charge is 2.30. The van der Waals surface area contributed by atoms with Gasteiger partial charge in [-0.05, 0) is 51.7 Å². The second-order valence-electron chi connectivity index (χ2n) is 5.36. The average Bonchev–Trinajstić information content (AvgIpc) is 2.59. The second kappa shape index (κ2) is 6.71. The summed E-state index contributed by atoms with van der Waals surface area (Å²) in [5.41, 5.74) is 5.51. The molecule has 0 amide bonds. The highest BCUT2D eigenvalue weighted by molar-refractivity contribution is 7.91. The molecular weight excluding hydrogens is 236 g/mol. The Kier molecular flexibility index (Phi) is 5.89. The molecule has 0 aliphatic carbocycles. The molecule has 0 spiro atoms. The van der Waals surface area contributed by atoms with Crippen LogP contribution in [0.5, 0.6) is 0 Å². The van der Waals surface area contributed by atoms with Gasteiger partial charge in [0.1, 0.15) is 0 Å². The molecule has 2 atom stereocenters. The maximum Gasteiger partial charge on any atom is 0.151 e. The Balaban J connectivity index is 2.20. The van der Waals surface area contributed by atoms with Gasteiger partial charge < -0.3 is 10.6 Å². The lowest BCUT2D eigenvalue weighted by atomic mass is 10.0. The van der Waals surface area contributed by atoms with Gasteiger partial charge in [0.05, 0.1) is 11.5 Å². The first-order chi connectivity index (χ1) is 7.94. The summed E-state index contributed by atoms with van der Waals surface area (Å²) in [5, 5.41) is 0. The molecule has 1 rings (SSSR count). The molecule has 0 aromatic rings. The summed E-state index contributed by atoms with van der Waals surface area (Å²) in [7, 11) is -0.708. The molecule has 1 aliphatic rings. The van der Waals surface area contributed by atoms with E-state index < -0.39 is 9.84 Å². The standard InChI is InChI=1S/C12H26N2O2S/c1-11(5-7-13)4-3-8-14(2)12-6-9-17(15,16)10-12/h11-12H,3-10,13H2,1-2H3. The van der Waals surface area contributed by atoms with Crippen LogP contribution in [0.3, 0.4) is 0 Å². The lowest BCUT2D eigenvalue weighted by molar-refractivity contribution is 0.250. The van der Waals surface area contributed by atoms with Gasteiger partial charge in [0.2, 0.25) is 0 Å². The minimum Gasteiger partial charge on any atom is -0.330 e. The number of hydrogen-bond donors (Lipinski definition) is 1. The smallest absolute Gasteiger partial charge is 0.151 e. The number of sulfone groups is 1. The first-order valence-corrected chi connectivity index (χ1v) is 8.37. The molecule has 1 fully saturated rings. The van der Waals surface area contributed by atoms with E-state index in [1.54, 1.807) is 0 Å². The Labute approximate surface area is 105 Å². The summed E-state index contributed by atoms with van der Waals surface area (Å²) in [6.07, 6.45) is 4.20. The molecule has 102 valence electrons. The Morgan fingerprint density at radius 1 is 1.41 bits per heavy atom. The Bertz CT molecular complexity index is 316. The van der Waals surface area contributed by atoms with Crippen molar-refractivity contribution in [3.05, 3.63) is 0 Å². The summed E-state index contributed by atoms with van der Waals surface area (Å²) < 4.78 is 22.7. The minimum absolute atomic E-state index is 0.241. The van der Waals surface area contributed by atoms with Gasteiger partial charge in [-0.25, -0.2) is 8.42 Å². The van der Waals surface area contributed by atoms with Crippen LogP contribution in [0.15, 0.2) is 0 Å². The van der Waals surface area contributed by atoms with Crippen LogP contribution in [-0.2, 0) is 9.84 Å². The van der Waals surface area contributed by atoms with E-state index in [2.05, 4.69) is 11.8 Å². The highest BCUT2D eigenvalue weighted by Crippen LogP contribution is 2.17. The summed E-state index contributed by atoms with van der Waals surface area (Å²) in [4.78, 5) is 2.21. The van der Waals surface area contributed by atoms with Gasteiger partial charge in [-0.3, -0.25) is 0 Å². The lowest BCUT2D eigenvalue weighted by Gasteiger charge is -2.23. The van der Waals surface area contributed by atoms with Crippen molar-refractivity contribution in [3.63, 3.8) is 0 Å². The van der Waals surface area contributed by atoms with Crippen LogP contribution in [0.25, 0.3) is 0 Å². The number of nitrogens with two attached hydrogens (primary N) is 1. The van der Waals surface area contributed by atoms with Crippen molar-refractivity contribution >= 4 is 9.84 Å². The van der Waals surface area contributed by atoms with E-state index in [1.165, 1.54) is 6.42 Å². The molecule has 1 saturated heterocycles. The molecule has 0 saturated carbocycles. The summed E-state index contributed by atoms with van der Waals surface area (Å²) in [6.45, 7) is 3.99. The quantitative estimate of drug-likeness (QED) is 0.739. The first-order valence-electron chi connectivity index (χ1n) is 6.55. The van der Waals surface area contributed by atoms with E-state index in [1.807, 2.05) is 7.05 Å². The Morgan fingerprint density at radius 2 is 2.12 bits per heavy atom. The normalized spacial score (nSPS) is 25.3. The second-order valence-corrected chi connectivity index (χ2v) is 7.59. The van der Waals surface area contributed by atoms with Crippen molar-refractivity contribution in [2.75, 3.05) is 31.6 Å². The fourth-order valence-electron chi connectivity index (χ4n) is 2.42. The van der Waals surface area contributed by atoms with Crippen LogP contribution < -0.4 is 5.73 Å². The van der Waals surface area contributed by atoms with E-state index in [-0.39, 0.29) is 6.04 Å². The Morgan fingerprint density at radius 3 is 2.65 bits per heavy atom. The molecule has 1 heterocycles. The molecular formula is C12H26N2O2S. The molecule has 4 nitrogen and oxygen atoms in total. The lowest BCUT2D eigenvalue weighted by Crippen LogP contribution is -2.33. The van der Waals surface area contributed by atoms with Crippen molar-refractivity contribution in [1.29, 1.82) is 0 Å². The number of rotatable bonds is 7. The fourth-order valence-corrected chi connectivity index (χ4v) is 4.23. The van der Waals surface area contributed by atoms with E-state index in [0.717, 1.165) is 32.4 Å². The van der Waals surface area contributed by atoms with Gasteiger partial charge in [-0.15, -0.1) is 0 Å². The van der Waals surface area contributed by atoms with Crippen LogP contribution >= 0.6 is 0 Å². The van der Waals surface area contributed by atoms with E-state index in [9.17, 15) is 8.42 Å².